The maximum atomic E-state index is 10.9. The zero-order chi connectivity index (χ0) is 18.1. The van der Waals surface area contributed by atoms with Crippen LogP contribution in [0.15, 0.2) is 0 Å². The lowest BCUT2D eigenvalue weighted by atomic mass is 9.57. The van der Waals surface area contributed by atoms with Crippen molar-refractivity contribution in [3.05, 3.63) is 0 Å². The average Bonchev–Trinajstić information content (AvgIpc) is 2.48. The summed E-state index contributed by atoms with van der Waals surface area (Å²) in [7, 11) is 0. The molecule has 5 aliphatic heterocycles. The van der Waals surface area contributed by atoms with Gasteiger partial charge in [0.15, 0.2) is 0 Å². The molecule has 5 heteroatoms. The van der Waals surface area contributed by atoms with E-state index in [9.17, 15) is 10.4 Å². The molecule has 5 fully saturated rings. The van der Waals surface area contributed by atoms with Crippen LogP contribution in [0.5, 0.6) is 0 Å². The van der Waals surface area contributed by atoms with Gasteiger partial charge in [-0.15, -0.1) is 0 Å². The Kier molecular flexibility index (Phi) is 3.84. The predicted octanol–water partition coefficient (Wildman–Crippen LogP) is 2.21. The molecule has 0 saturated carbocycles. The van der Waals surface area contributed by atoms with Crippen molar-refractivity contribution in [1.29, 1.82) is 5.26 Å². The molecule has 1 N–H and O–H groups in total. The van der Waals surface area contributed by atoms with E-state index in [1.54, 1.807) is 0 Å². The van der Waals surface area contributed by atoms with Gasteiger partial charge >= 0.3 is 0 Å². The van der Waals surface area contributed by atoms with E-state index in [0.29, 0.717) is 12.6 Å². The van der Waals surface area contributed by atoms with Crippen LogP contribution in [0.4, 0.5) is 0 Å². The highest BCUT2D eigenvalue weighted by atomic mass is 16.5. The van der Waals surface area contributed by atoms with E-state index in [4.69, 9.17) is 4.74 Å². The second-order valence-corrected chi connectivity index (χ2v) is 10.4. The van der Waals surface area contributed by atoms with Crippen molar-refractivity contribution in [2.45, 2.75) is 71.2 Å². The first-order valence-electron chi connectivity index (χ1n) is 9.80. The van der Waals surface area contributed by atoms with Gasteiger partial charge in [0.1, 0.15) is 0 Å². The molecule has 0 aromatic carbocycles. The second-order valence-electron chi connectivity index (χ2n) is 10.4. The van der Waals surface area contributed by atoms with E-state index in [-0.39, 0.29) is 27.9 Å². The molecule has 0 aliphatic carbocycles. The zero-order valence-electron chi connectivity index (χ0n) is 16.2. The minimum atomic E-state index is -0.213. The molecule has 5 nitrogen and oxygen atoms in total. The lowest BCUT2D eigenvalue weighted by Gasteiger charge is -2.71. The molecule has 4 bridgehead atoms. The van der Waals surface area contributed by atoms with Gasteiger partial charge in [-0.2, -0.15) is 5.26 Å². The Morgan fingerprint density at radius 3 is 2.12 bits per heavy atom. The van der Waals surface area contributed by atoms with Gasteiger partial charge in [0.05, 0.1) is 23.9 Å². The first-order valence-corrected chi connectivity index (χ1v) is 9.80. The Balaban J connectivity index is 1.69. The number of rotatable bonds is 3. The number of hydrogen-bond donors (Lipinski definition) is 1. The van der Waals surface area contributed by atoms with Gasteiger partial charge < -0.3 is 9.84 Å². The fourth-order valence-corrected chi connectivity index (χ4v) is 6.99. The smallest absolute Gasteiger partial charge is 0.0696 e. The molecule has 1 atom stereocenters. The molecule has 5 rings (SSSR count). The van der Waals surface area contributed by atoms with Crippen LogP contribution in [-0.4, -0.2) is 65.6 Å². The summed E-state index contributed by atoms with van der Waals surface area (Å²) >= 11 is 0. The summed E-state index contributed by atoms with van der Waals surface area (Å²) in [5.41, 5.74) is -0.0714. The monoisotopic (exact) mass is 347 g/mol. The van der Waals surface area contributed by atoms with Gasteiger partial charge in [0, 0.05) is 55.5 Å². The number of ether oxygens (including phenoxy) is 1. The molecule has 140 valence electrons. The molecule has 0 aromatic heterocycles. The molecule has 0 aromatic rings. The quantitative estimate of drug-likeness (QED) is 0.848. The highest BCUT2D eigenvalue weighted by Gasteiger charge is 2.65. The van der Waals surface area contributed by atoms with Gasteiger partial charge in [-0.3, -0.25) is 9.80 Å². The minimum absolute atomic E-state index is 0.0289. The molecule has 5 heterocycles. The van der Waals surface area contributed by atoms with Gasteiger partial charge in [0.2, 0.25) is 0 Å². The Morgan fingerprint density at radius 1 is 1.08 bits per heavy atom. The van der Waals surface area contributed by atoms with E-state index >= 15 is 0 Å². The molecule has 0 amide bonds. The van der Waals surface area contributed by atoms with Crippen LogP contribution < -0.4 is 0 Å². The van der Waals surface area contributed by atoms with E-state index in [0.717, 1.165) is 52.0 Å². The molecule has 5 aliphatic rings. The highest BCUT2D eigenvalue weighted by Crippen LogP contribution is 2.57. The Labute approximate surface area is 151 Å². The molecule has 0 spiro atoms. The largest absolute Gasteiger partial charge is 0.392 e. The molecule has 0 radical (unpaired) electrons. The van der Waals surface area contributed by atoms with E-state index in [2.05, 4.69) is 43.6 Å². The van der Waals surface area contributed by atoms with Crippen molar-refractivity contribution in [1.82, 2.24) is 9.80 Å². The topological polar surface area (TPSA) is 59.7 Å². The van der Waals surface area contributed by atoms with Crippen molar-refractivity contribution in [3.63, 3.8) is 0 Å². The molecule has 1 unspecified atom stereocenters. The van der Waals surface area contributed by atoms with Crippen molar-refractivity contribution < 1.29 is 9.84 Å². The predicted molar refractivity (Wildman–Crippen MR) is 95.7 cm³/mol. The summed E-state index contributed by atoms with van der Waals surface area (Å²) in [6, 6.07) is 2.39. The number of nitriles is 1. The third-order valence-electron chi connectivity index (χ3n) is 7.42. The lowest BCUT2D eigenvalue weighted by molar-refractivity contribution is -0.285. The Bertz CT molecular complexity index is 560. The molecule has 5 saturated heterocycles. The number of nitrogens with zero attached hydrogens (tertiary/aromatic N) is 3. The number of aliphatic hydroxyl groups is 1. The molecular weight excluding hydrogens is 314 g/mol. The number of aliphatic hydroxyl groups excluding tert-OH is 1. The van der Waals surface area contributed by atoms with Crippen LogP contribution in [0.3, 0.4) is 0 Å². The maximum absolute atomic E-state index is 10.9. The lowest BCUT2D eigenvalue weighted by Crippen LogP contribution is -2.82. The zero-order valence-corrected chi connectivity index (χ0v) is 16.2. The van der Waals surface area contributed by atoms with E-state index in [1.807, 2.05) is 0 Å². The van der Waals surface area contributed by atoms with Crippen LogP contribution in [0.25, 0.3) is 0 Å². The Morgan fingerprint density at radius 2 is 1.64 bits per heavy atom. The Hall–Kier alpha value is -0.670. The highest BCUT2D eigenvalue weighted by molar-refractivity contribution is 5.16. The van der Waals surface area contributed by atoms with Gasteiger partial charge in [-0.25, -0.2) is 0 Å². The van der Waals surface area contributed by atoms with E-state index in [1.165, 1.54) is 0 Å². The van der Waals surface area contributed by atoms with Crippen LogP contribution in [0, 0.1) is 27.6 Å². The second kappa shape index (κ2) is 5.42. The summed E-state index contributed by atoms with van der Waals surface area (Å²) in [4.78, 5) is 5.27. The average molecular weight is 348 g/mol. The third kappa shape index (κ3) is 2.56. The first-order chi connectivity index (χ1) is 11.6. The number of piperidine rings is 2. The van der Waals surface area contributed by atoms with Crippen molar-refractivity contribution in [2.75, 3.05) is 32.8 Å². The van der Waals surface area contributed by atoms with Crippen molar-refractivity contribution in [2.24, 2.45) is 16.2 Å². The first kappa shape index (κ1) is 17.7. The van der Waals surface area contributed by atoms with Crippen LogP contribution in [-0.2, 0) is 4.74 Å². The summed E-state index contributed by atoms with van der Waals surface area (Å²) in [5, 5.41) is 20.2. The summed E-state index contributed by atoms with van der Waals surface area (Å²) in [6.07, 6.45) is 3.78. The standard InChI is InChI=1S/C20H33N3O2/c1-17(2)10-20(6-5-8-21,7-9-25-17)16-22-11-18(3)12-23(16)14-19(4,13-22)15(18)24/h15-16,24H,5-7,9-14H2,1-4H3. The van der Waals surface area contributed by atoms with Crippen LogP contribution >= 0.6 is 0 Å². The minimum Gasteiger partial charge on any atom is -0.392 e. The van der Waals surface area contributed by atoms with Gasteiger partial charge in [0.25, 0.3) is 0 Å². The van der Waals surface area contributed by atoms with Gasteiger partial charge in [-0.05, 0) is 33.1 Å². The SMILES string of the molecule is CC1(C)CC(CCC#N)(C2N3CC4(C)CN2CC(C)(C3)C4O)CCO1. The van der Waals surface area contributed by atoms with Crippen LogP contribution in [0.1, 0.15) is 53.4 Å². The van der Waals surface area contributed by atoms with Gasteiger partial charge in [-0.1, -0.05) is 13.8 Å². The van der Waals surface area contributed by atoms with Crippen LogP contribution in [0.2, 0.25) is 0 Å². The summed E-state index contributed by atoms with van der Waals surface area (Å²) in [6.45, 7) is 13.6. The maximum Gasteiger partial charge on any atom is 0.0696 e. The molecular formula is C20H33N3O2. The molecule has 25 heavy (non-hydrogen) atoms. The number of hydrogen-bond acceptors (Lipinski definition) is 5. The summed E-state index contributed by atoms with van der Waals surface area (Å²) < 4.78 is 6.04. The fraction of sp³-hybridized carbons (Fsp3) is 0.950. The van der Waals surface area contributed by atoms with Crippen molar-refractivity contribution in [3.8, 4) is 6.07 Å². The normalized spacial score (nSPS) is 53.6. The van der Waals surface area contributed by atoms with E-state index < -0.39 is 0 Å². The third-order valence-corrected chi connectivity index (χ3v) is 7.42. The summed E-state index contributed by atoms with van der Waals surface area (Å²) in [5.74, 6) is 0. The van der Waals surface area contributed by atoms with Crippen molar-refractivity contribution >= 4 is 0 Å². The fourth-order valence-electron chi connectivity index (χ4n) is 6.99.